The molecule has 2 aromatic rings. The normalized spacial score (nSPS) is 11.0. The summed E-state index contributed by atoms with van der Waals surface area (Å²) >= 11 is 0. The number of ether oxygens (including phenoxy) is 4. The van der Waals surface area contributed by atoms with Crippen molar-refractivity contribution >= 4 is 11.4 Å². The molecule has 0 heterocycles. The van der Waals surface area contributed by atoms with E-state index in [1.54, 1.807) is 0 Å². The van der Waals surface area contributed by atoms with Gasteiger partial charge in [-0.3, -0.25) is 4.48 Å². The van der Waals surface area contributed by atoms with Crippen LogP contribution in [0, 0.1) is 13.8 Å². The van der Waals surface area contributed by atoms with Crippen LogP contribution in [-0.4, -0.2) is 133 Å². The second-order valence-electron chi connectivity index (χ2n) is 9.85. The number of halogens is 1. The predicted octanol–water partition coefficient (Wildman–Crippen LogP) is -1.23. The third-order valence-corrected chi connectivity index (χ3v) is 6.47. The van der Waals surface area contributed by atoms with Crippen molar-refractivity contribution in [2.24, 2.45) is 0 Å². The van der Waals surface area contributed by atoms with Crippen molar-refractivity contribution in [3.8, 4) is 0 Å². The van der Waals surface area contributed by atoms with E-state index in [1.165, 1.54) is 16.8 Å². The zero-order valence-electron chi connectivity index (χ0n) is 25.6. The Kier molecular flexibility index (Phi) is 25.2. The molecule has 10 nitrogen and oxygen atoms in total. The first-order valence-electron chi connectivity index (χ1n) is 14.4. The zero-order valence-corrected chi connectivity index (χ0v) is 27.8. The Morgan fingerprint density at radius 2 is 0.905 bits per heavy atom. The number of aryl methyl sites for hydroxylation is 2. The summed E-state index contributed by atoms with van der Waals surface area (Å²) in [6.07, 6.45) is 0. The first kappa shape index (κ1) is 40.6. The van der Waals surface area contributed by atoms with E-state index in [0.717, 1.165) is 31.9 Å². The minimum atomic E-state index is 0. The minimum Gasteiger partial charge on any atom is -1.00 e. The van der Waals surface area contributed by atoms with Crippen molar-refractivity contribution in [1.29, 1.82) is 0 Å². The van der Waals surface area contributed by atoms with Crippen molar-refractivity contribution in [2.75, 3.05) is 117 Å². The molecule has 0 amide bonds. The van der Waals surface area contributed by atoms with Gasteiger partial charge in [-0.05, 0) is 38.1 Å². The first-order chi connectivity index (χ1) is 19.9. The van der Waals surface area contributed by atoms with E-state index in [4.69, 9.17) is 39.4 Å². The molecule has 0 aromatic heterocycles. The van der Waals surface area contributed by atoms with Gasteiger partial charge in [-0.15, -0.1) is 0 Å². The number of nitrogens with zero attached hydrogens (tertiary/aromatic N) is 2. The van der Waals surface area contributed by atoms with Crippen molar-refractivity contribution in [3.63, 3.8) is 0 Å². The van der Waals surface area contributed by atoms with Crippen LogP contribution >= 0.6 is 0 Å². The molecule has 42 heavy (non-hydrogen) atoms. The maximum atomic E-state index is 8.77. The second-order valence-corrected chi connectivity index (χ2v) is 9.85. The molecule has 0 aliphatic carbocycles. The first-order valence-corrected chi connectivity index (χ1v) is 14.4. The van der Waals surface area contributed by atoms with Gasteiger partial charge in [0.25, 0.3) is 0 Å². The summed E-state index contributed by atoms with van der Waals surface area (Å²) in [4.78, 5) is 2.17. The van der Waals surface area contributed by atoms with Crippen molar-refractivity contribution in [3.05, 3.63) is 59.7 Å². The van der Waals surface area contributed by atoms with E-state index < -0.39 is 0 Å². The monoisotopic (exact) mass is 708 g/mol. The van der Waals surface area contributed by atoms with E-state index >= 15 is 0 Å². The maximum Gasteiger partial charge on any atom is 0.132 e. The average Bonchev–Trinajstić information content (AvgIpc) is 2.98. The number of aliphatic hydroxyl groups is 4. The minimum absolute atomic E-state index is 0. The number of benzene rings is 2. The molecule has 11 heteroatoms. The van der Waals surface area contributed by atoms with Crippen LogP contribution in [0.25, 0.3) is 0 Å². The standard InChI is InChI=1S/C16H28NO4.C15H25NO4.HI/c1-15-3-5-16(6-4-15)17(2,7-11-20-13-9-18)8-12-21-14-10-19;1-14-2-4-15(5-3-14)16(6-10-19-12-8-17)7-11-20-13-9-18;/h3-6,18-19H,7-14H2,1-2H3;2-5,17-18H,6-13H2,1H3;1H/q+1;;/p-1. The summed E-state index contributed by atoms with van der Waals surface area (Å²) < 4.78 is 22.1. The molecule has 0 fully saturated rings. The van der Waals surface area contributed by atoms with Crippen molar-refractivity contribution < 1.29 is 63.4 Å². The van der Waals surface area contributed by atoms with Crippen molar-refractivity contribution in [1.82, 2.24) is 4.48 Å². The highest BCUT2D eigenvalue weighted by Crippen LogP contribution is 2.21. The van der Waals surface area contributed by atoms with Gasteiger partial charge in [0, 0.05) is 18.8 Å². The predicted molar refractivity (Wildman–Crippen MR) is 164 cm³/mol. The van der Waals surface area contributed by atoms with Crippen LogP contribution in [0.5, 0.6) is 0 Å². The molecule has 0 unspecified atom stereocenters. The highest BCUT2D eigenvalue weighted by molar-refractivity contribution is 5.47. The third-order valence-electron chi connectivity index (χ3n) is 6.47. The molecule has 4 N–H and O–H groups in total. The van der Waals surface area contributed by atoms with Crippen LogP contribution in [0.3, 0.4) is 0 Å². The lowest BCUT2D eigenvalue weighted by molar-refractivity contribution is -0.0000138. The Bertz CT molecular complexity index is 850. The quantitative estimate of drug-likeness (QED) is 0.0678. The van der Waals surface area contributed by atoms with Gasteiger partial charge in [-0.1, -0.05) is 35.4 Å². The van der Waals surface area contributed by atoms with Crippen LogP contribution in [0.4, 0.5) is 11.4 Å². The van der Waals surface area contributed by atoms with Gasteiger partial charge in [0.15, 0.2) is 0 Å². The molecular formula is C31H53IN2O8. The Hall–Kier alpha value is -1.39. The molecule has 0 bridgehead atoms. The highest BCUT2D eigenvalue weighted by atomic mass is 127. The van der Waals surface area contributed by atoms with E-state index in [-0.39, 0.29) is 50.4 Å². The van der Waals surface area contributed by atoms with E-state index in [1.807, 2.05) is 0 Å². The largest absolute Gasteiger partial charge is 1.00 e. The molecule has 0 saturated heterocycles. The lowest BCUT2D eigenvalue weighted by atomic mass is 10.2. The van der Waals surface area contributed by atoms with E-state index in [2.05, 4.69) is 74.3 Å². The number of quaternary nitrogens is 1. The fourth-order valence-electron chi connectivity index (χ4n) is 3.95. The summed E-state index contributed by atoms with van der Waals surface area (Å²) in [5.41, 5.74) is 4.79. The van der Waals surface area contributed by atoms with Gasteiger partial charge in [0.1, 0.15) is 18.8 Å². The Morgan fingerprint density at radius 3 is 1.29 bits per heavy atom. The smallest absolute Gasteiger partial charge is 0.132 e. The fourth-order valence-corrected chi connectivity index (χ4v) is 3.95. The Balaban J connectivity index is 0.000000783. The number of likely N-dealkylation sites (N-methyl/N-ethyl adjacent to an activating group) is 1. The van der Waals surface area contributed by atoms with Gasteiger partial charge in [0.2, 0.25) is 0 Å². The van der Waals surface area contributed by atoms with E-state index in [0.29, 0.717) is 57.3 Å². The second kappa shape index (κ2) is 26.1. The van der Waals surface area contributed by atoms with Crippen LogP contribution in [0.1, 0.15) is 11.1 Å². The molecule has 0 atom stereocenters. The molecule has 0 saturated carbocycles. The van der Waals surface area contributed by atoms with Gasteiger partial charge in [-0.25, -0.2) is 0 Å². The van der Waals surface area contributed by atoms with Crippen LogP contribution in [0.15, 0.2) is 48.5 Å². The molecule has 0 aliphatic heterocycles. The van der Waals surface area contributed by atoms with Crippen LogP contribution in [-0.2, 0) is 18.9 Å². The van der Waals surface area contributed by atoms with Crippen LogP contribution in [0.2, 0.25) is 0 Å². The van der Waals surface area contributed by atoms with E-state index in [9.17, 15) is 0 Å². The summed E-state index contributed by atoms with van der Waals surface area (Å²) in [6, 6.07) is 16.8. The molecule has 242 valence electrons. The maximum absolute atomic E-state index is 8.77. The summed E-state index contributed by atoms with van der Waals surface area (Å²) in [7, 11) is 2.15. The van der Waals surface area contributed by atoms with Gasteiger partial charge in [0.05, 0.1) is 86.3 Å². The summed E-state index contributed by atoms with van der Waals surface area (Å²) in [5, 5.41) is 34.9. The number of hydrogen-bond donors (Lipinski definition) is 4. The SMILES string of the molecule is Cc1ccc(N(CCOCCO)CCOCCO)cc1.Cc1ccc([N+](C)(CCOCCO)CCOCCO)cc1.[I-]. The van der Waals surface area contributed by atoms with Crippen molar-refractivity contribution in [2.45, 2.75) is 13.8 Å². The number of aliphatic hydroxyl groups excluding tert-OH is 4. The summed E-state index contributed by atoms with van der Waals surface area (Å²) in [5.74, 6) is 0. The molecule has 2 aromatic carbocycles. The number of anilines is 1. The zero-order chi connectivity index (χ0) is 30.2. The van der Waals surface area contributed by atoms with Gasteiger partial charge >= 0.3 is 0 Å². The van der Waals surface area contributed by atoms with Gasteiger partial charge < -0.3 is 68.3 Å². The number of rotatable bonds is 22. The lowest BCUT2D eigenvalue weighted by Gasteiger charge is -2.34. The highest BCUT2D eigenvalue weighted by Gasteiger charge is 2.24. The van der Waals surface area contributed by atoms with Crippen LogP contribution < -0.4 is 33.4 Å². The Labute approximate surface area is 269 Å². The third kappa shape index (κ3) is 18.3. The fraction of sp³-hybridized carbons (Fsp3) is 0.613. The summed E-state index contributed by atoms with van der Waals surface area (Å²) in [6.45, 7) is 11.2. The molecule has 0 radical (unpaired) electrons. The Morgan fingerprint density at radius 1 is 0.548 bits per heavy atom. The topological polar surface area (TPSA) is 121 Å². The molecule has 0 spiro atoms. The lowest BCUT2D eigenvalue weighted by Crippen LogP contribution is -3.00. The molecule has 2 rings (SSSR count). The molecule has 0 aliphatic rings. The number of hydrogen-bond acceptors (Lipinski definition) is 9. The molecular weight excluding hydrogens is 655 g/mol. The van der Waals surface area contributed by atoms with Gasteiger partial charge in [-0.2, -0.15) is 0 Å². The average molecular weight is 709 g/mol.